The third-order valence-electron chi connectivity index (χ3n) is 3.42. The van der Waals surface area contributed by atoms with Crippen molar-refractivity contribution in [2.45, 2.75) is 18.6 Å². The molecule has 2 aromatic rings. The zero-order chi connectivity index (χ0) is 12.5. The minimum Gasteiger partial charge on any atom is -0.488 e. The highest BCUT2D eigenvalue weighted by atomic mass is 16.5. The first-order chi connectivity index (χ1) is 8.79. The van der Waals surface area contributed by atoms with E-state index in [4.69, 9.17) is 4.74 Å². The standard InChI is InChI=1S/C13H16N4O/c1-14-13(10-8-15-16-17(10)2)12-7-9-5-3-4-6-11(9)18-12/h3-6,8,12-14H,7H2,1-2H3. The van der Waals surface area contributed by atoms with Crippen molar-refractivity contribution in [1.29, 1.82) is 0 Å². The fraction of sp³-hybridized carbons (Fsp3) is 0.385. The summed E-state index contributed by atoms with van der Waals surface area (Å²) in [5, 5.41) is 11.2. The molecule has 1 aromatic carbocycles. The van der Waals surface area contributed by atoms with Crippen molar-refractivity contribution in [3.05, 3.63) is 41.7 Å². The highest BCUT2D eigenvalue weighted by Crippen LogP contribution is 2.33. The summed E-state index contributed by atoms with van der Waals surface area (Å²) in [6.07, 6.45) is 2.78. The van der Waals surface area contributed by atoms with Crippen molar-refractivity contribution in [2.75, 3.05) is 7.05 Å². The first-order valence-electron chi connectivity index (χ1n) is 6.06. The van der Waals surface area contributed by atoms with Gasteiger partial charge in [0.05, 0.1) is 17.9 Å². The zero-order valence-corrected chi connectivity index (χ0v) is 10.5. The van der Waals surface area contributed by atoms with Crippen LogP contribution in [-0.4, -0.2) is 28.1 Å². The quantitative estimate of drug-likeness (QED) is 0.877. The molecule has 0 saturated carbocycles. The van der Waals surface area contributed by atoms with Gasteiger partial charge in [0.25, 0.3) is 0 Å². The van der Waals surface area contributed by atoms with Gasteiger partial charge in [-0.25, -0.2) is 0 Å². The molecule has 1 N–H and O–H groups in total. The number of fused-ring (bicyclic) bond motifs is 1. The zero-order valence-electron chi connectivity index (χ0n) is 10.5. The Morgan fingerprint density at radius 3 is 2.94 bits per heavy atom. The number of aryl methyl sites for hydroxylation is 1. The van der Waals surface area contributed by atoms with Crippen molar-refractivity contribution >= 4 is 0 Å². The first-order valence-corrected chi connectivity index (χ1v) is 6.06. The topological polar surface area (TPSA) is 52.0 Å². The van der Waals surface area contributed by atoms with Gasteiger partial charge in [0.15, 0.2) is 0 Å². The molecule has 2 atom stereocenters. The Labute approximate surface area is 106 Å². The van der Waals surface area contributed by atoms with Crippen molar-refractivity contribution in [1.82, 2.24) is 20.3 Å². The molecule has 1 aliphatic heterocycles. The van der Waals surface area contributed by atoms with Crippen molar-refractivity contribution < 1.29 is 4.74 Å². The molecule has 3 rings (SSSR count). The predicted octanol–water partition coefficient (Wildman–Crippen LogP) is 1.08. The molecule has 1 aliphatic rings. The molecule has 2 unspecified atom stereocenters. The van der Waals surface area contributed by atoms with Crippen LogP contribution >= 0.6 is 0 Å². The van der Waals surface area contributed by atoms with Gasteiger partial charge in [-0.05, 0) is 18.7 Å². The minimum atomic E-state index is 0.0876. The van der Waals surface area contributed by atoms with Gasteiger partial charge in [-0.2, -0.15) is 0 Å². The Morgan fingerprint density at radius 1 is 1.44 bits per heavy atom. The van der Waals surface area contributed by atoms with Gasteiger partial charge in [0.2, 0.25) is 0 Å². The lowest BCUT2D eigenvalue weighted by molar-refractivity contribution is 0.179. The van der Waals surface area contributed by atoms with E-state index in [2.05, 4.69) is 21.7 Å². The van der Waals surface area contributed by atoms with Crippen LogP contribution in [0.1, 0.15) is 17.3 Å². The number of para-hydroxylation sites is 1. The van der Waals surface area contributed by atoms with E-state index < -0.39 is 0 Å². The van der Waals surface area contributed by atoms with Gasteiger partial charge in [-0.15, -0.1) is 5.10 Å². The number of benzene rings is 1. The van der Waals surface area contributed by atoms with Crippen molar-refractivity contribution in [3.8, 4) is 5.75 Å². The average Bonchev–Trinajstić information content (AvgIpc) is 2.97. The molecule has 0 amide bonds. The Bertz CT molecular complexity index is 526. The number of hydrogen-bond donors (Lipinski definition) is 1. The Hall–Kier alpha value is -1.88. The van der Waals surface area contributed by atoms with Crippen LogP contribution in [0.5, 0.6) is 5.75 Å². The summed E-state index contributed by atoms with van der Waals surface area (Å²) in [5.41, 5.74) is 2.30. The van der Waals surface area contributed by atoms with Gasteiger partial charge in [0.1, 0.15) is 11.9 Å². The van der Waals surface area contributed by atoms with Crippen LogP contribution in [0.2, 0.25) is 0 Å². The summed E-state index contributed by atoms with van der Waals surface area (Å²) in [4.78, 5) is 0. The lowest BCUT2D eigenvalue weighted by Gasteiger charge is -2.22. The van der Waals surface area contributed by atoms with Crippen LogP contribution in [0, 0.1) is 0 Å². The molecule has 0 fully saturated rings. The van der Waals surface area contributed by atoms with E-state index in [1.54, 1.807) is 10.9 Å². The normalized spacial score (nSPS) is 19.3. The summed E-state index contributed by atoms with van der Waals surface area (Å²) in [5.74, 6) is 0.984. The van der Waals surface area contributed by atoms with E-state index in [1.165, 1.54) is 5.56 Å². The lowest BCUT2D eigenvalue weighted by atomic mass is 10.0. The van der Waals surface area contributed by atoms with E-state index in [9.17, 15) is 0 Å². The number of rotatable bonds is 3. The van der Waals surface area contributed by atoms with E-state index in [0.717, 1.165) is 17.9 Å². The highest BCUT2D eigenvalue weighted by Gasteiger charge is 2.32. The summed E-state index contributed by atoms with van der Waals surface area (Å²) in [6, 6.07) is 8.27. The maximum atomic E-state index is 6.01. The first kappa shape index (κ1) is 11.2. The van der Waals surface area contributed by atoms with Crippen LogP contribution in [0.4, 0.5) is 0 Å². The van der Waals surface area contributed by atoms with Gasteiger partial charge in [-0.1, -0.05) is 23.4 Å². The largest absolute Gasteiger partial charge is 0.488 e. The summed E-state index contributed by atoms with van der Waals surface area (Å²) in [6.45, 7) is 0. The molecule has 0 aliphatic carbocycles. The van der Waals surface area contributed by atoms with E-state index in [-0.39, 0.29) is 12.1 Å². The van der Waals surface area contributed by atoms with E-state index in [0.29, 0.717) is 0 Å². The van der Waals surface area contributed by atoms with Gasteiger partial charge >= 0.3 is 0 Å². The lowest BCUT2D eigenvalue weighted by Crippen LogP contribution is -2.34. The molecule has 18 heavy (non-hydrogen) atoms. The Morgan fingerprint density at radius 2 is 2.28 bits per heavy atom. The van der Waals surface area contributed by atoms with Crippen LogP contribution in [0.15, 0.2) is 30.5 Å². The van der Waals surface area contributed by atoms with Gasteiger partial charge in [0, 0.05) is 13.5 Å². The number of ether oxygens (including phenoxy) is 1. The second-order valence-electron chi connectivity index (χ2n) is 4.52. The molecule has 5 heteroatoms. The second-order valence-corrected chi connectivity index (χ2v) is 4.52. The van der Waals surface area contributed by atoms with E-state index >= 15 is 0 Å². The third kappa shape index (κ3) is 1.76. The maximum absolute atomic E-state index is 6.01. The number of likely N-dealkylation sites (N-methyl/N-ethyl adjacent to an activating group) is 1. The van der Waals surface area contributed by atoms with Crippen LogP contribution in [0.3, 0.4) is 0 Å². The predicted molar refractivity (Wildman–Crippen MR) is 67.4 cm³/mol. The summed E-state index contributed by atoms with van der Waals surface area (Å²) < 4.78 is 7.79. The maximum Gasteiger partial charge on any atom is 0.124 e. The number of hydrogen-bond acceptors (Lipinski definition) is 4. The summed E-state index contributed by atoms with van der Waals surface area (Å²) >= 11 is 0. The van der Waals surface area contributed by atoms with Crippen molar-refractivity contribution in [3.63, 3.8) is 0 Å². The number of aromatic nitrogens is 3. The Balaban J connectivity index is 1.86. The fourth-order valence-corrected chi connectivity index (χ4v) is 2.50. The smallest absolute Gasteiger partial charge is 0.124 e. The molecule has 0 saturated heterocycles. The molecular weight excluding hydrogens is 228 g/mol. The molecule has 5 nitrogen and oxygen atoms in total. The van der Waals surface area contributed by atoms with Gasteiger partial charge in [-0.3, -0.25) is 4.68 Å². The fourth-order valence-electron chi connectivity index (χ4n) is 2.50. The summed E-state index contributed by atoms with van der Waals surface area (Å²) in [7, 11) is 3.83. The van der Waals surface area contributed by atoms with Crippen LogP contribution in [0.25, 0.3) is 0 Å². The minimum absolute atomic E-state index is 0.0876. The molecule has 2 heterocycles. The molecule has 0 spiro atoms. The van der Waals surface area contributed by atoms with Gasteiger partial charge < -0.3 is 10.1 Å². The number of nitrogens with one attached hydrogen (secondary N) is 1. The average molecular weight is 244 g/mol. The molecule has 0 radical (unpaired) electrons. The second kappa shape index (κ2) is 4.42. The third-order valence-corrected chi connectivity index (χ3v) is 3.42. The van der Waals surface area contributed by atoms with Crippen LogP contribution < -0.4 is 10.1 Å². The molecular formula is C13H16N4O. The monoisotopic (exact) mass is 244 g/mol. The SMILES string of the molecule is CNC(c1cnnn1C)C1Cc2ccccc2O1. The van der Waals surface area contributed by atoms with Crippen molar-refractivity contribution in [2.24, 2.45) is 7.05 Å². The number of nitrogens with zero attached hydrogens (tertiary/aromatic N) is 3. The molecule has 1 aromatic heterocycles. The Kier molecular flexibility index (Phi) is 2.76. The van der Waals surface area contributed by atoms with Crippen LogP contribution in [-0.2, 0) is 13.5 Å². The molecule has 0 bridgehead atoms. The van der Waals surface area contributed by atoms with E-state index in [1.807, 2.05) is 32.3 Å². The highest BCUT2D eigenvalue weighted by molar-refractivity contribution is 5.38. The molecule has 94 valence electrons.